The third-order valence-corrected chi connectivity index (χ3v) is 2.48. The van der Waals surface area contributed by atoms with E-state index >= 15 is 0 Å². The van der Waals surface area contributed by atoms with Crippen molar-refractivity contribution in [2.75, 3.05) is 0 Å². The summed E-state index contributed by atoms with van der Waals surface area (Å²) in [4.78, 5) is 0. The standard InChI is InChI=1S/C9H12/c1-2-8-5-7-3-4-9(8)6-7/h2,4,7H,3,5-6H2,1H3/b8-2+. The first-order valence-electron chi connectivity index (χ1n) is 3.74. The largest absolute Gasteiger partial charge is 0.0842 e. The van der Waals surface area contributed by atoms with Crippen molar-refractivity contribution in [1.82, 2.24) is 0 Å². The van der Waals surface area contributed by atoms with Crippen molar-refractivity contribution in [3.05, 3.63) is 23.3 Å². The fourth-order valence-corrected chi connectivity index (χ4v) is 1.95. The molecule has 1 unspecified atom stereocenters. The molecule has 0 spiro atoms. The van der Waals surface area contributed by atoms with Gasteiger partial charge in [0.15, 0.2) is 0 Å². The van der Waals surface area contributed by atoms with E-state index in [2.05, 4.69) is 19.1 Å². The van der Waals surface area contributed by atoms with Crippen LogP contribution >= 0.6 is 0 Å². The maximum atomic E-state index is 2.41. The molecule has 0 aromatic carbocycles. The van der Waals surface area contributed by atoms with Gasteiger partial charge < -0.3 is 0 Å². The summed E-state index contributed by atoms with van der Waals surface area (Å²) in [5.74, 6) is 0.992. The second-order valence-electron chi connectivity index (χ2n) is 3.05. The second-order valence-corrected chi connectivity index (χ2v) is 3.05. The highest BCUT2D eigenvalue weighted by molar-refractivity contribution is 5.39. The van der Waals surface area contributed by atoms with Crippen molar-refractivity contribution < 1.29 is 0 Å². The van der Waals surface area contributed by atoms with Gasteiger partial charge in [-0.05, 0) is 43.3 Å². The molecular weight excluding hydrogens is 108 g/mol. The van der Waals surface area contributed by atoms with Gasteiger partial charge in [0.05, 0.1) is 0 Å². The molecule has 0 saturated heterocycles. The van der Waals surface area contributed by atoms with Crippen LogP contribution in [0.3, 0.4) is 0 Å². The quantitative estimate of drug-likeness (QED) is 0.461. The summed E-state index contributed by atoms with van der Waals surface area (Å²) in [6.45, 7) is 2.15. The molecule has 1 fully saturated rings. The summed E-state index contributed by atoms with van der Waals surface area (Å²) >= 11 is 0. The van der Waals surface area contributed by atoms with E-state index in [0.29, 0.717) is 0 Å². The van der Waals surface area contributed by atoms with E-state index in [9.17, 15) is 0 Å². The van der Waals surface area contributed by atoms with Gasteiger partial charge in [-0.15, -0.1) is 0 Å². The zero-order valence-electron chi connectivity index (χ0n) is 5.85. The highest BCUT2D eigenvalue weighted by atomic mass is 14.3. The van der Waals surface area contributed by atoms with Gasteiger partial charge in [0.1, 0.15) is 0 Å². The first kappa shape index (κ1) is 5.28. The fraction of sp³-hybridized carbons (Fsp3) is 0.556. The lowest BCUT2D eigenvalue weighted by molar-refractivity contribution is 0.603. The van der Waals surface area contributed by atoms with Crippen LogP contribution in [0.5, 0.6) is 0 Å². The SMILES string of the molecule is C/C=C1\CC2CC=C1C2. The van der Waals surface area contributed by atoms with Crippen LogP contribution in [0.2, 0.25) is 0 Å². The lowest BCUT2D eigenvalue weighted by Crippen LogP contribution is -1.88. The Labute approximate surface area is 56.3 Å². The Hall–Kier alpha value is -0.520. The fourth-order valence-electron chi connectivity index (χ4n) is 1.95. The Balaban J connectivity index is 2.34. The molecule has 0 heteroatoms. The molecule has 2 aliphatic carbocycles. The minimum Gasteiger partial charge on any atom is -0.0842 e. The number of hydrogen-bond acceptors (Lipinski definition) is 0. The maximum Gasteiger partial charge on any atom is -0.0245 e. The molecule has 2 bridgehead atoms. The summed E-state index contributed by atoms with van der Waals surface area (Å²) in [5.41, 5.74) is 3.26. The molecule has 1 saturated carbocycles. The normalized spacial score (nSPS) is 35.9. The molecule has 0 radical (unpaired) electrons. The van der Waals surface area contributed by atoms with Crippen molar-refractivity contribution in [2.24, 2.45) is 5.92 Å². The van der Waals surface area contributed by atoms with E-state index in [1.165, 1.54) is 19.3 Å². The highest BCUT2D eigenvalue weighted by Gasteiger charge is 2.27. The summed E-state index contributed by atoms with van der Waals surface area (Å²) < 4.78 is 0. The van der Waals surface area contributed by atoms with Crippen LogP contribution in [0.1, 0.15) is 26.2 Å². The Bertz CT molecular complexity index is 184. The minimum atomic E-state index is 0.992. The minimum absolute atomic E-state index is 0.992. The Kier molecular flexibility index (Phi) is 1.01. The number of fused-ring (bicyclic) bond motifs is 2. The van der Waals surface area contributed by atoms with Gasteiger partial charge in [-0.1, -0.05) is 12.2 Å². The zero-order chi connectivity index (χ0) is 6.27. The first-order valence-corrected chi connectivity index (χ1v) is 3.74. The van der Waals surface area contributed by atoms with Crippen LogP contribution in [-0.4, -0.2) is 0 Å². The van der Waals surface area contributed by atoms with Gasteiger partial charge in [-0.3, -0.25) is 0 Å². The monoisotopic (exact) mass is 120 g/mol. The third kappa shape index (κ3) is 0.658. The molecule has 9 heavy (non-hydrogen) atoms. The number of rotatable bonds is 0. The van der Waals surface area contributed by atoms with Crippen LogP contribution in [0.15, 0.2) is 23.3 Å². The lowest BCUT2D eigenvalue weighted by atomic mass is 10.0. The van der Waals surface area contributed by atoms with Crippen LogP contribution in [-0.2, 0) is 0 Å². The van der Waals surface area contributed by atoms with Crippen molar-refractivity contribution in [3.8, 4) is 0 Å². The van der Waals surface area contributed by atoms with E-state index in [0.717, 1.165) is 5.92 Å². The van der Waals surface area contributed by atoms with E-state index < -0.39 is 0 Å². The lowest BCUT2D eigenvalue weighted by Gasteiger charge is -2.03. The Morgan fingerprint density at radius 1 is 1.56 bits per heavy atom. The van der Waals surface area contributed by atoms with Gasteiger partial charge in [0, 0.05) is 0 Å². The highest BCUT2D eigenvalue weighted by Crippen LogP contribution is 2.43. The molecule has 0 N–H and O–H groups in total. The molecular formula is C9H12. The van der Waals surface area contributed by atoms with Crippen molar-refractivity contribution in [1.29, 1.82) is 0 Å². The van der Waals surface area contributed by atoms with Gasteiger partial charge >= 0.3 is 0 Å². The van der Waals surface area contributed by atoms with E-state index in [1.54, 1.807) is 11.1 Å². The third-order valence-electron chi connectivity index (χ3n) is 2.48. The molecule has 0 heterocycles. The molecule has 0 aromatic rings. The van der Waals surface area contributed by atoms with Gasteiger partial charge in [0.2, 0.25) is 0 Å². The topological polar surface area (TPSA) is 0 Å². The van der Waals surface area contributed by atoms with E-state index in [1.807, 2.05) is 0 Å². The van der Waals surface area contributed by atoms with Crippen LogP contribution in [0, 0.1) is 5.92 Å². The Morgan fingerprint density at radius 2 is 2.44 bits per heavy atom. The maximum absolute atomic E-state index is 2.41. The van der Waals surface area contributed by atoms with E-state index in [4.69, 9.17) is 0 Å². The number of allylic oxidation sites excluding steroid dienone is 4. The molecule has 1 atom stereocenters. The van der Waals surface area contributed by atoms with Gasteiger partial charge in [0.25, 0.3) is 0 Å². The second kappa shape index (κ2) is 1.73. The predicted octanol–water partition coefficient (Wildman–Crippen LogP) is 2.67. The van der Waals surface area contributed by atoms with Crippen molar-refractivity contribution in [3.63, 3.8) is 0 Å². The molecule has 0 aliphatic heterocycles. The molecule has 0 aromatic heterocycles. The van der Waals surface area contributed by atoms with Gasteiger partial charge in [-0.25, -0.2) is 0 Å². The zero-order valence-corrected chi connectivity index (χ0v) is 5.85. The smallest absolute Gasteiger partial charge is 0.0245 e. The van der Waals surface area contributed by atoms with Crippen LogP contribution in [0.4, 0.5) is 0 Å². The molecule has 2 rings (SSSR count). The van der Waals surface area contributed by atoms with Crippen molar-refractivity contribution >= 4 is 0 Å². The molecule has 0 amide bonds. The van der Waals surface area contributed by atoms with Crippen LogP contribution < -0.4 is 0 Å². The summed E-state index contributed by atoms with van der Waals surface area (Å²) in [5, 5.41) is 0. The first-order chi connectivity index (χ1) is 4.40. The van der Waals surface area contributed by atoms with Crippen molar-refractivity contribution in [2.45, 2.75) is 26.2 Å². The molecule has 0 nitrogen and oxygen atoms in total. The average molecular weight is 120 g/mol. The average Bonchev–Trinajstić information content (AvgIpc) is 2.45. The molecule has 48 valence electrons. The summed E-state index contributed by atoms with van der Waals surface area (Å²) in [6, 6.07) is 0. The van der Waals surface area contributed by atoms with Crippen LogP contribution in [0.25, 0.3) is 0 Å². The summed E-state index contributed by atoms with van der Waals surface area (Å²) in [7, 11) is 0. The van der Waals surface area contributed by atoms with E-state index in [-0.39, 0.29) is 0 Å². The Morgan fingerprint density at radius 3 is 2.78 bits per heavy atom. The predicted molar refractivity (Wildman–Crippen MR) is 39.2 cm³/mol. The molecule has 2 aliphatic rings. The number of hydrogen-bond donors (Lipinski definition) is 0. The summed E-state index contributed by atoms with van der Waals surface area (Å²) in [6.07, 6.45) is 8.77. The van der Waals surface area contributed by atoms with Gasteiger partial charge in [-0.2, -0.15) is 0 Å².